The summed E-state index contributed by atoms with van der Waals surface area (Å²) in [6.07, 6.45) is -1.08. The van der Waals surface area contributed by atoms with Gasteiger partial charge >= 0.3 is 12.1 Å². The summed E-state index contributed by atoms with van der Waals surface area (Å²) >= 11 is 0. The van der Waals surface area contributed by atoms with E-state index in [0.717, 1.165) is 0 Å². The van der Waals surface area contributed by atoms with Crippen LogP contribution in [-0.2, 0) is 9.53 Å². The Morgan fingerprint density at radius 2 is 1.92 bits per heavy atom. The van der Waals surface area contributed by atoms with Crippen molar-refractivity contribution in [3.63, 3.8) is 0 Å². The molecule has 13 heavy (non-hydrogen) atoms. The van der Waals surface area contributed by atoms with E-state index < -0.39 is 17.7 Å². The van der Waals surface area contributed by atoms with Gasteiger partial charge in [0.25, 0.3) is 0 Å². The normalized spacial score (nSPS) is 10.7. The Morgan fingerprint density at radius 3 is 2.31 bits per heavy atom. The lowest BCUT2D eigenvalue weighted by Gasteiger charge is -2.19. The number of ether oxygens (including phenoxy) is 1. The summed E-state index contributed by atoms with van der Waals surface area (Å²) in [6.45, 7) is 5.37. The Labute approximate surface area is 77.1 Å². The summed E-state index contributed by atoms with van der Waals surface area (Å²) < 4.78 is 4.95. The van der Waals surface area contributed by atoms with Crippen LogP contribution < -0.4 is 5.32 Å². The fraction of sp³-hybridized carbons (Fsp3) is 0.750. The lowest BCUT2D eigenvalue weighted by Crippen LogP contribution is -2.28. The first-order valence-corrected chi connectivity index (χ1v) is 4.00. The molecule has 0 aliphatic carbocycles. The van der Waals surface area contributed by atoms with Gasteiger partial charge in [-0.3, -0.25) is 4.79 Å². The molecule has 0 fully saturated rings. The van der Waals surface area contributed by atoms with Crippen molar-refractivity contribution in [2.45, 2.75) is 32.8 Å². The maximum absolute atomic E-state index is 11.0. The molecule has 1 amide bonds. The van der Waals surface area contributed by atoms with Crippen LogP contribution in [0, 0.1) is 0 Å². The highest BCUT2D eigenvalue weighted by atomic mass is 16.6. The number of rotatable bonds is 3. The van der Waals surface area contributed by atoms with Crippen molar-refractivity contribution in [1.29, 1.82) is 0 Å². The maximum atomic E-state index is 11.0. The van der Waals surface area contributed by atoms with E-state index >= 15 is 0 Å². The Bertz CT molecular complexity index is 195. The Kier molecular flexibility index (Phi) is 4.23. The summed E-state index contributed by atoms with van der Waals surface area (Å²) in [7, 11) is 0. The first kappa shape index (κ1) is 11.7. The van der Waals surface area contributed by atoms with Gasteiger partial charge in [-0.1, -0.05) is 0 Å². The molecule has 0 bridgehead atoms. The summed E-state index contributed by atoms with van der Waals surface area (Å²) in [5, 5.41) is 10.3. The van der Waals surface area contributed by atoms with Gasteiger partial charge in [-0.15, -0.1) is 0 Å². The molecule has 5 nitrogen and oxygen atoms in total. The number of esters is 1. The van der Waals surface area contributed by atoms with Crippen molar-refractivity contribution >= 4 is 12.1 Å². The lowest BCUT2D eigenvalue weighted by molar-refractivity contribution is -0.154. The van der Waals surface area contributed by atoms with Crippen molar-refractivity contribution in [2.75, 3.05) is 6.54 Å². The second-order valence-electron chi connectivity index (χ2n) is 3.57. The number of hydrogen-bond donors (Lipinski definition) is 2. The van der Waals surface area contributed by atoms with Gasteiger partial charge in [-0.05, 0) is 20.8 Å². The predicted octanol–water partition coefficient (Wildman–Crippen LogP) is 0.986. The van der Waals surface area contributed by atoms with Gasteiger partial charge in [0, 0.05) is 6.54 Å². The van der Waals surface area contributed by atoms with Gasteiger partial charge in [-0.25, -0.2) is 4.79 Å². The van der Waals surface area contributed by atoms with E-state index in [0.29, 0.717) is 0 Å². The number of nitrogens with one attached hydrogen (secondary N) is 1. The van der Waals surface area contributed by atoms with Crippen molar-refractivity contribution in [2.24, 2.45) is 0 Å². The van der Waals surface area contributed by atoms with E-state index in [9.17, 15) is 9.59 Å². The molecule has 0 atom stereocenters. The highest BCUT2D eigenvalue weighted by Crippen LogP contribution is 2.07. The van der Waals surface area contributed by atoms with Crippen LogP contribution in [0.5, 0.6) is 0 Å². The van der Waals surface area contributed by atoms with Crippen LogP contribution in [0.25, 0.3) is 0 Å². The number of carbonyl (C=O) groups excluding carboxylic acids is 1. The first-order chi connectivity index (χ1) is 5.81. The smallest absolute Gasteiger partial charge is 0.404 e. The Balaban J connectivity index is 3.59. The summed E-state index contributed by atoms with van der Waals surface area (Å²) in [5.41, 5.74) is -0.514. The third-order valence-electron chi connectivity index (χ3n) is 1.03. The second-order valence-corrected chi connectivity index (χ2v) is 3.57. The van der Waals surface area contributed by atoms with Crippen molar-refractivity contribution < 1.29 is 19.4 Å². The molecule has 76 valence electrons. The van der Waals surface area contributed by atoms with E-state index in [1.54, 1.807) is 20.8 Å². The van der Waals surface area contributed by atoms with Gasteiger partial charge in [0.05, 0.1) is 6.42 Å². The SMILES string of the molecule is CC(C)(C)OC(=O)CCNC(=O)O. The molecular formula is C8H15NO4. The topological polar surface area (TPSA) is 75.6 Å². The maximum Gasteiger partial charge on any atom is 0.404 e. The Morgan fingerprint density at radius 1 is 1.38 bits per heavy atom. The zero-order chi connectivity index (χ0) is 10.5. The van der Waals surface area contributed by atoms with E-state index in [2.05, 4.69) is 5.32 Å². The molecular weight excluding hydrogens is 174 g/mol. The van der Waals surface area contributed by atoms with Gasteiger partial charge in [0.2, 0.25) is 0 Å². The minimum Gasteiger partial charge on any atom is -0.465 e. The van der Waals surface area contributed by atoms with E-state index in [4.69, 9.17) is 9.84 Å². The molecule has 0 aliphatic heterocycles. The number of hydrogen-bond acceptors (Lipinski definition) is 3. The number of carbonyl (C=O) groups is 2. The molecule has 0 aromatic carbocycles. The first-order valence-electron chi connectivity index (χ1n) is 4.00. The van der Waals surface area contributed by atoms with Crippen molar-refractivity contribution in [1.82, 2.24) is 5.32 Å². The summed E-state index contributed by atoms with van der Waals surface area (Å²) in [6, 6.07) is 0. The highest BCUT2D eigenvalue weighted by Gasteiger charge is 2.15. The fourth-order valence-corrected chi connectivity index (χ4v) is 0.664. The Hall–Kier alpha value is -1.26. The predicted molar refractivity (Wildman–Crippen MR) is 46.5 cm³/mol. The standard InChI is InChI=1S/C8H15NO4/c1-8(2,3)13-6(10)4-5-9-7(11)12/h9H,4-5H2,1-3H3,(H,11,12). The average molecular weight is 189 g/mol. The quantitative estimate of drug-likeness (QED) is 0.649. The molecule has 0 aliphatic rings. The summed E-state index contributed by atoms with van der Waals surface area (Å²) in [4.78, 5) is 21.0. The number of carboxylic acid groups (broad SMARTS) is 1. The minimum atomic E-state index is -1.14. The highest BCUT2D eigenvalue weighted by molar-refractivity contribution is 5.71. The molecule has 0 unspecified atom stereocenters. The van der Waals surface area contributed by atoms with Crippen LogP contribution in [0.4, 0.5) is 4.79 Å². The van der Waals surface area contributed by atoms with E-state index in [1.807, 2.05) is 0 Å². The van der Waals surface area contributed by atoms with Gasteiger partial charge in [-0.2, -0.15) is 0 Å². The molecule has 0 spiro atoms. The fourth-order valence-electron chi connectivity index (χ4n) is 0.664. The number of amides is 1. The minimum absolute atomic E-state index is 0.0591. The molecule has 0 aromatic rings. The second kappa shape index (κ2) is 4.69. The van der Waals surface area contributed by atoms with Crippen LogP contribution >= 0.6 is 0 Å². The largest absolute Gasteiger partial charge is 0.465 e. The van der Waals surface area contributed by atoms with Crippen LogP contribution in [0.15, 0.2) is 0 Å². The molecule has 0 saturated heterocycles. The van der Waals surface area contributed by atoms with E-state index in [1.165, 1.54) is 0 Å². The zero-order valence-corrected chi connectivity index (χ0v) is 8.09. The molecule has 0 rings (SSSR count). The molecule has 0 heterocycles. The molecule has 5 heteroatoms. The van der Waals surface area contributed by atoms with Gasteiger partial charge in [0.1, 0.15) is 5.60 Å². The molecule has 0 aromatic heterocycles. The monoisotopic (exact) mass is 189 g/mol. The van der Waals surface area contributed by atoms with Crippen molar-refractivity contribution in [3.8, 4) is 0 Å². The zero-order valence-electron chi connectivity index (χ0n) is 8.09. The van der Waals surface area contributed by atoms with E-state index in [-0.39, 0.29) is 13.0 Å². The molecule has 2 N–H and O–H groups in total. The lowest BCUT2D eigenvalue weighted by atomic mass is 10.2. The summed E-state index contributed by atoms with van der Waals surface area (Å²) in [5.74, 6) is -0.402. The van der Waals surface area contributed by atoms with Crippen LogP contribution in [0.3, 0.4) is 0 Å². The molecule has 0 radical (unpaired) electrons. The van der Waals surface area contributed by atoms with Crippen LogP contribution in [-0.4, -0.2) is 29.3 Å². The third kappa shape index (κ3) is 8.65. The van der Waals surface area contributed by atoms with Gasteiger partial charge < -0.3 is 15.2 Å². The molecule has 0 saturated carbocycles. The van der Waals surface area contributed by atoms with Crippen LogP contribution in [0.2, 0.25) is 0 Å². The van der Waals surface area contributed by atoms with Crippen LogP contribution in [0.1, 0.15) is 27.2 Å². The third-order valence-corrected chi connectivity index (χ3v) is 1.03. The van der Waals surface area contributed by atoms with Gasteiger partial charge in [0.15, 0.2) is 0 Å². The average Bonchev–Trinajstić information content (AvgIpc) is 1.81. The van der Waals surface area contributed by atoms with Crippen molar-refractivity contribution in [3.05, 3.63) is 0 Å².